The summed E-state index contributed by atoms with van der Waals surface area (Å²) < 4.78 is 0. The van der Waals surface area contributed by atoms with E-state index in [9.17, 15) is 4.79 Å². The molecule has 21 heavy (non-hydrogen) atoms. The Labute approximate surface area is 129 Å². The number of carbonyl (C=O) groups is 1. The molecule has 110 valence electrons. The van der Waals surface area contributed by atoms with Crippen molar-refractivity contribution >= 4 is 17.2 Å². The zero-order valence-corrected chi connectivity index (χ0v) is 13.1. The van der Waals surface area contributed by atoms with E-state index in [4.69, 9.17) is 0 Å². The van der Waals surface area contributed by atoms with E-state index in [1.54, 1.807) is 18.3 Å². The molecule has 0 N–H and O–H groups in total. The largest absolute Gasteiger partial charge is 0.333 e. The van der Waals surface area contributed by atoms with Gasteiger partial charge in [-0.25, -0.2) is 0 Å². The van der Waals surface area contributed by atoms with Crippen LogP contribution in [0.3, 0.4) is 0 Å². The van der Waals surface area contributed by atoms with E-state index < -0.39 is 0 Å². The van der Waals surface area contributed by atoms with Crippen LogP contribution in [0.2, 0.25) is 0 Å². The molecule has 0 bridgehead atoms. The van der Waals surface area contributed by atoms with E-state index in [0.29, 0.717) is 0 Å². The number of hydrogen-bond acceptors (Lipinski definition) is 3. The van der Waals surface area contributed by atoms with Crippen LogP contribution in [0.5, 0.6) is 0 Å². The highest BCUT2D eigenvalue weighted by molar-refractivity contribution is 7.07. The van der Waals surface area contributed by atoms with Gasteiger partial charge in [0, 0.05) is 33.1 Å². The first kappa shape index (κ1) is 14.3. The van der Waals surface area contributed by atoms with Gasteiger partial charge in [0.05, 0.1) is 6.04 Å². The number of hydrogen-bond donors (Lipinski definition) is 0. The van der Waals surface area contributed by atoms with Gasteiger partial charge in [-0.3, -0.25) is 9.69 Å². The summed E-state index contributed by atoms with van der Waals surface area (Å²) in [6, 6.07) is 12.7. The molecule has 0 unspecified atom stereocenters. The summed E-state index contributed by atoms with van der Waals surface area (Å²) in [7, 11) is 0. The summed E-state index contributed by atoms with van der Waals surface area (Å²) in [5.74, 6) is 0.166. The van der Waals surface area contributed by atoms with Crippen molar-refractivity contribution in [1.82, 2.24) is 9.80 Å². The van der Waals surface area contributed by atoms with Gasteiger partial charge in [-0.15, -0.1) is 0 Å². The monoisotopic (exact) mass is 300 g/mol. The Bertz CT molecular complexity index is 582. The van der Waals surface area contributed by atoms with Crippen molar-refractivity contribution in [1.29, 1.82) is 0 Å². The third-order valence-corrected chi connectivity index (χ3v) is 4.77. The minimum Gasteiger partial charge on any atom is -0.333 e. The van der Waals surface area contributed by atoms with Crippen molar-refractivity contribution in [3.8, 4) is 0 Å². The number of carbonyl (C=O) groups excluding carboxylic acids is 1. The number of thiophene rings is 1. The average molecular weight is 300 g/mol. The summed E-state index contributed by atoms with van der Waals surface area (Å²) in [5, 5.41) is 4.32. The number of amides is 1. The van der Waals surface area contributed by atoms with Gasteiger partial charge in [-0.1, -0.05) is 30.3 Å². The second kappa shape index (κ2) is 6.41. The molecule has 3 rings (SSSR count). The summed E-state index contributed by atoms with van der Waals surface area (Å²) in [6.07, 6.45) is 0. The molecule has 0 radical (unpaired) electrons. The molecule has 0 aliphatic carbocycles. The molecule has 3 nitrogen and oxygen atoms in total. The van der Waals surface area contributed by atoms with Crippen LogP contribution in [0.1, 0.15) is 24.1 Å². The van der Waals surface area contributed by atoms with Crippen molar-refractivity contribution in [2.75, 3.05) is 19.6 Å². The Balaban J connectivity index is 1.77. The lowest BCUT2D eigenvalue weighted by Gasteiger charge is -2.41. The third-order valence-electron chi connectivity index (χ3n) is 4.04. The average Bonchev–Trinajstić information content (AvgIpc) is 3.01. The highest BCUT2D eigenvalue weighted by Crippen LogP contribution is 2.26. The Morgan fingerprint density at radius 2 is 2.05 bits per heavy atom. The van der Waals surface area contributed by atoms with Gasteiger partial charge in [0.2, 0.25) is 5.91 Å². The van der Waals surface area contributed by atoms with E-state index in [1.165, 1.54) is 11.1 Å². The molecule has 0 spiro atoms. The highest BCUT2D eigenvalue weighted by Gasteiger charge is 2.29. The lowest BCUT2D eigenvalue weighted by molar-refractivity contribution is -0.134. The fourth-order valence-electron chi connectivity index (χ4n) is 2.96. The summed E-state index contributed by atoms with van der Waals surface area (Å²) in [5.41, 5.74) is 2.59. The van der Waals surface area contributed by atoms with E-state index in [-0.39, 0.29) is 11.9 Å². The van der Waals surface area contributed by atoms with Crippen molar-refractivity contribution < 1.29 is 4.79 Å². The van der Waals surface area contributed by atoms with E-state index >= 15 is 0 Å². The van der Waals surface area contributed by atoms with Gasteiger partial charge in [0.25, 0.3) is 0 Å². The van der Waals surface area contributed by atoms with Gasteiger partial charge >= 0.3 is 0 Å². The molecule has 1 aliphatic rings. The molecule has 1 aliphatic heterocycles. The Morgan fingerprint density at radius 1 is 1.24 bits per heavy atom. The quantitative estimate of drug-likeness (QED) is 0.869. The number of benzene rings is 1. The smallest absolute Gasteiger partial charge is 0.220 e. The molecule has 2 heterocycles. The van der Waals surface area contributed by atoms with E-state index in [2.05, 4.69) is 33.9 Å². The zero-order valence-electron chi connectivity index (χ0n) is 12.2. The maximum Gasteiger partial charge on any atom is 0.220 e. The van der Waals surface area contributed by atoms with Gasteiger partial charge in [0.1, 0.15) is 0 Å². The predicted molar refractivity (Wildman–Crippen MR) is 86.2 cm³/mol. The molecule has 1 saturated heterocycles. The summed E-state index contributed by atoms with van der Waals surface area (Å²) >= 11 is 1.74. The van der Waals surface area contributed by atoms with Crippen molar-refractivity contribution in [3.05, 3.63) is 58.3 Å². The zero-order chi connectivity index (χ0) is 14.7. The maximum atomic E-state index is 11.9. The maximum absolute atomic E-state index is 11.9. The fourth-order valence-corrected chi connectivity index (χ4v) is 3.62. The minimum absolute atomic E-state index is 0.163. The summed E-state index contributed by atoms with van der Waals surface area (Å²) in [6.45, 7) is 5.29. The minimum atomic E-state index is 0.163. The topological polar surface area (TPSA) is 23.6 Å². The normalized spacial score (nSPS) is 19.7. The Kier molecular flexibility index (Phi) is 4.36. The first-order chi connectivity index (χ1) is 10.2. The molecular formula is C17H20N2OS. The molecule has 1 atom stereocenters. The molecule has 1 aromatic carbocycles. The van der Waals surface area contributed by atoms with Crippen molar-refractivity contribution in [2.24, 2.45) is 0 Å². The second-order valence-corrected chi connectivity index (χ2v) is 6.29. The van der Waals surface area contributed by atoms with Gasteiger partial charge in [-0.2, -0.15) is 11.3 Å². The van der Waals surface area contributed by atoms with Crippen LogP contribution in [0, 0.1) is 0 Å². The van der Waals surface area contributed by atoms with Gasteiger partial charge < -0.3 is 4.90 Å². The lowest BCUT2D eigenvalue weighted by atomic mass is 10.0. The molecule has 1 fully saturated rings. The Hall–Kier alpha value is -1.65. The fraction of sp³-hybridized carbons (Fsp3) is 0.353. The number of piperazine rings is 1. The van der Waals surface area contributed by atoms with Crippen LogP contribution < -0.4 is 0 Å². The van der Waals surface area contributed by atoms with Crippen molar-refractivity contribution in [2.45, 2.75) is 19.5 Å². The van der Waals surface area contributed by atoms with E-state index in [0.717, 1.165) is 26.2 Å². The standard InChI is InChI=1S/C17H20N2OS/c1-14(20)19-9-8-18(11-15-7-10-21-13-15)12-17(19)16-5-3-2-4-6-16/h2-7,10,13,17H,8-9,11-12H2,1H3/t17-/m1/s1. The molecule has 1 aromatic heterocycles. The first-order valence-electron chi connectivity index (χ1n) is 7.29. The lowest BCUT2D eigenvalue weighted by Crippen LogP contribution is -2.49. The van der Waals surface area contributed by atoms with Crippen LogP contribution in [-0.4, -0.2) is 35.3 Å². The van der Waals surface area contributed by atoms with Gasteiger partial charge in [0.15, 0.2) is 0 Å². The highest BCUT2D eigenvalue weighted by atomic mass is 32.1. The Morgan fingerprint density at radius 3 is 2.71 bits per heavy atom. The SMILES string of the molecule is CC(=O)N1CCN(Cc2ccsc2)C[C@@H]1c1ccccc1. The van der Waals surface area contributed by atoms with Crippen LogP contribution in [0.15, 0.2) is 47.2 Å². The molecule has 2 aromatic rings. The number of rotatable bonds is 3. The molecular weight excluding hydrogens is 280 g/mol. The van der Waals surface area contributed by atoms with Crippen LogP contribution >= 0.6 is 11.3 Å². The summed E-state index contributed by atoms with van der Waals surface area (Å²) in [4.78, 5) is 16.4. The predicted octanol–water partition coefficient (Wildman–Crippen LogP) is 3.15. The molecule has 1 amide bonds. The first-order valence-corrected chi connectivity index (χ1v) is 8.24. The molecule has 4 heteroatoms. The van der Waals surface area contributed by atoms with Crippen LogP contribution in [-0.2, 0) is 11.3 Å². The van der Waals surface area contributed by atoms with Crippen LogP contribution in [0.4, 0.5) is 0 Å². The van der Waals surface area contributed by atoms with Crippen LogP contribution in [0.25, 0.3) is 0 Å². The third kappa shape index (κ3) is 3.34. The van der Waals surface area contributed by atoms with E-state index in [1.807, 2.05) is 23.1 Å². The number of nitrogens with zero attached hydrogens (tertiary/aromatic N) is 2. The van der Waals surface area contributed by atoms with Crippen molar-refractivity contribution in [3.63, 3.8) is 0 Å². The second-order valence-electron chi connectivity index (χ2n) is 5.51. The molecule has 0 saturated carbocycles. The van der Waals surface area contributed by atoms with Gasteiger partial charge in [-0.05, 0) is 28.0 Å².